The molecule has 0 aromatic heterocycles. The molecule has 0 fully saturated rings. The topological polar surface area (TPSA) is 83.8 Å². The van der Waals surface area contributed by atoms with E-state index in [-0.39, 0.29) is 10.7 Å². The highest BCUT2D eigenvalue weighted by Gasteiger charge is 2.15. The van der Waals surface area contributed by atoms with Gasteiger partial charge in [0.25, 0.3) is 10.1 Å². The van der Waals surface area contributed by atoms with Crippen LogP contribution in [0.15, 0.2) is 28.1 Å². The first-order valence-corrected chi connectivity index (χ1v) is 5.12. The number of hydrogen-bond acceptors (Lipinski definition) is 4. The first-order valence-electron chi connectivity index (χ1n) is 3.30. The average Bonchev–Trinajstić information content (AvgIpc) is 2.07. The van der Waals surface area contributed by atoms with Crippen molar-refractivity contribution < 1.29 is 17.8 Å². The molecule has 0 saturated heterocycles. The molecule has 1 aromatic carbocycles. The minimum absolute atomic E-state index is 0.113. The van der Waals surface area contributed by atoms with Crippen molar-refractivity contribution in [3.8, 4) is 0 Å². The van der Waals surface area contributed by atoms with Gasteiger partial charge < -0.3 is 0 Å². The summed E-state index contributed by atoms with van der Waals surface area (Å²) in [6.07, 6.45) is 1.17. The number of carbonyl (C=O) groups excluding carboxylic acids is 1. The smallest absolute Gasteiger partial charge is 0.282 e. The maximum absolute atomic E-state index is 10.8. The molecule has 7 heteroatoms. The molecule has 5 nitrogen and oxygen atoms in total. The molecule has 1 N–H and O–H groups in total. The van der Waals surface area contributed by atoms with E-state index in [4.69, 9.17) is 16.2 Å². The lowest BCUT2D eigenvalue weighted by Crippen LogP contribution is -1.98. The van der Waals surface area contributed by atoms with E-state index in [1.165, 1.54) is 18.2 Å². The van der Waals surface area contributed by atoms with Crippen LogP contribution in [-0.4, -0.2) is 19.1 Å². The zero-order chi connectivity index (χ0) is 10.8. The molecule has 0 bridgehead atoms. The Balaban J connectivity index is 3.53. The van der Waals surface area contributed by atoms with E-state index in [0.29, 0.717) is 0 Å². The molecule has 0 spiro atoms. The molecule has 74 valence electrons. The number of nitrogens with zero attached hydrogens (tertiary/aromatic N) is 1. The fourth-order valence-electron chi connectivity index (χ4n) is 0.836. The first-order chi connectivity index (χ1) is 6.45. The number of benzene rings is 1. The van der Waals surface area contributed by atoms with Gasteiger partial charge in [-0.25, -0.2) is 4.79 Å². The average molecular weight is 234 g/mol. The molecule has 0 aliphatic heterocycles. The van der Waals surface area contributed by atoms with Crippen LogP contribution in [-0.2, 0) is 14.9 Å². The van der Waals surface area contributed by atoms with Crippen LogP contribution in [0.3, 0.4) is 0 Å². The Kier molecular flexibility index (Phi) is 3.03. The van der Waals surface area contributed by atoms with Crippen molar-refractivity contribution >= 4 is 33.5 Å². The molecule has 1 aromatic rings. The van der Waals surface area contributed by atoms with E-state index in [9.17, 15) is 13.2 Å². The number of aliphatic imine (C=N–C) groups is 1. The summed E-state index contributed by atoms with van der Waals surface area (Å²) in [6, 6.07) is 3.52. The van der Waals surface area contributed by atoms with Crippen molar-refractivity contribution in [1.82, 2.24) is 0 Å². The Morgan fingerprint density at radius 3 is 2.57 bits per heavy atom. The van der Waals surface area contributed by atoms with Crippen LogP contribution in [0.4, 0.5) is 5.69 Å². The maximum atomic E-state index is 10.8. The van der Waals surface area contributed by atoms with Crippen LogP contribution < -0.4 is 0 Å². The van der Waals surface area contributed by atoms with Crippen LogP contribution in [0.25, 0.3) is 0 Å². The summed E-state index contributed by atoms with van der Waals surface area (Å²) < 4.78 is 30.3. The number of isocyanates is 1. The maximum Gasteiger partial charge on any atom is 0.296 e. The van der Waals surface area contributed by atoms with Crippen LogP contribution in [0.1, 0.15) is 0 Å². The summed E-state index contributed by atoms with van der Waals surface area (Å²) >= 11 is 5.51. The van der Waals surface area contributed by atoms with Gasteiger partial charge >= 0.3 is 0 Å². The van der Waals surface area contributed by atoms with Gasteiger partial charge in [-0.15, -0.1) is 0 Å². The Morgan fingerprint density at radius 1 is 1.43 bits per heavy atom. The van der Waals surface area contributed by atoms with E-state index >= 15 is 0 Å². The van der Waals surface area contributed by atoms with E-state index < -0.39 is 15.0 Å². The van der Waals surface area contributed by atoms with Crippen LogP contribution in [0, 0.1) is 0 Å². The van der Waals surface area contributed by atoms with Gasteiger partial charge in [0.2, 0.25) is 6.08 Å². The quantitative estimate of drug-likeness (QED) is 0.477. The van der Waals surface area contributed by atoms with Crippen molar-refractivity contribution in [2.75, 3.05) is 0 Å². The van der Waals surface area contributed by atoms with Gasteiger partial charge in [-0.3, -0.25) is 4.55 Å². The monoisotopic (exact) mass is 233 g/mol. The molecular weight excluding hydrogens is 230 g/mol. The molecule has 1 rings (SSSR count). The lowest BCUT2D eigenvalue weighted by atomic mass is 10.3. The first kappa shape index (κ1) is 10.9. The summed E-state index contributed by atoms with van der Waals surface area (Å²) in [5, 5.41) is 0.113. The molecule has 0 saturated carbocycles. The van der Waals surface area contributed by atoms with Gasteiger partial charge in [0, 0.05) is 5.02 Å². The zero-order valence-corrected chi connectivity index (χ0v) is 8.21. The number of halogens is 1. The standard InChI is InChI=1S/C7H4ClNO4S/c8-5-1-2-6(9-4-10)7(3-5)14(11,12)13/h1-3H,(H,11,12,13). The minimum Gasteiger partial charge on any atom is -0.282 e. The summed E-state index contributed by atoms with van der Waals surface area (Å²) in [7, 11) is -4.44. The highest BCUT2D eigenvalue weighted by molar-refractivity contribution is 7.86. The Morgan fingerprint density at radius 2 is 2.07 bits per heavy atom. The Bertz CT molecular complexity index is 504. The molecular formula is C7H4ClNO4S. The molecule has 0 heterocycles. The SMILES string of the molecule is O=C=Nc1ccc(Cl)cc1S(=O)(=O)O. The van der Waals surface area contributed by atoms with Gasteiger partial charge in [0.1, 0.15) is 4.90 Å². The molecule has 0 radical (unpaired) electrons. The molecule has 0 amide bonds. The molecule has 0 atom stereocenters. The molecule has 14 heavy (non-hydrogen) atoms. The van der Waals surface area contributed by atoms with E-state index in [2.05, 4.69) is 4.99 Å². The minimum atomic E-state index is -4.44. The van der Waals surface area contributed by atoms with E-state index in [0.717, 1.165) is 6.07 Å². The second-order valence-electron chi connectivity index (χ2n) is 2.29. The summed E-state index contributed by atoms with van der Waals surface area (Å²) in [5.41, 5.74) is -0.202. The normalized spacial score (nSPS) is 10.7. The van der Waals surface area contributed by atoms with Crippen molar-refractivity contribution in [3.63, 3.8) is 0 Å². The van der Waals surface area contributed by atoms with Crippen molar-refractivity contribution in [1.29, 1.82) is 0 Å². The number of rotatable bonds is 2. The van der Waals surface area contributed by atoms with Gasteiger partial charge in [-0.2, -0.15) is 13.4 Å². The molecule has 0 unspecified atom stereocenters. The predicted octanol–water partition coefficient (Wildman–Crippen LogP) is 1.55. The van der Waals surface area contributed by atoms with E-state index in [1.807, 2.05) is 0 Å². The lowest BCUT2D eigenvalue weighted by Gasteiger charge is -2.00. The van der Waals surface area contributed by atoms with E-state index in [1.54, 1.807) is 0 Å². The lowest BCUT2D eigenvalue weighted by molar-refractivity contribution is 0.483. The third-order valence-corrected chi connectivity index (χ3v) is 2.48. The third-order valence-electron chi connectivity index (χ3n) is 1.37. The Hall–Kier alpha value is -1.20. The summed E-state index contributed by atoms with van der Waals surface area (Å²) in [4.78, 5) is 12.5. The molecule has 0 aliphatic carbocycles. The fraction of sp³-hybridized carbons (Fsp3) is 0. The highest BCUT2D eigenvalue weighted by Crippen LogP contribution is 2.26. The fourth-order valence-corrected chi connectivity index (χ4v) is 1.73. The van der Waals surface area contributed by atoms with Crippen molar-refractivity contribution in [2.45, 2.75) is 4.90 Å². The molecule has 0 aliphatic rings. The van der Waals surface area contributed by atoms with Crippen molar-refractivity contribution in [2.24, 2.45) is 4.99 Å². The van der Waals surface area contributed by atoms with Crippen molar-refractivity contribution in [3.05, 3.63) is 23.2 Å². The van der Waals surface area contributed by atoms with Gasteiger partial charge in [0.05, 0.1) is 5.69 Å². The Labute approximate surface area is 84.8 Å². The van der Waals surface area contributed by atoms with Crippen LogP contribution in [0.2, 0.25) is 5.02 Å². The van der Waals surface area contributed by atoms with Crippen LogP contribution >= 0.6 is 11.6 Å². The number of hydrogen-bond donors (Lipinski definition) is 1. The summed E-state index contributed by atoms with van der Waals surface area (Å²) in [6.45, 7) is 0. The second kappa shape index (κ2) is 3.89. The van der Waals surface area contributed by atoms with Crippen LogP contribution in [0.5, 0.6) is 0 Å². The zero-order valence-electron chi connectivity index (χ0n) is 6.64. The second-order valence-corrected chi connectivity index (χ2v) is 4.12. The highest BCUT2D eigenvalue weighted by atomic mass is 35.5. The van der Waals surface area contributed by atoms with Gasteiger partial charge in [-0.05, 0) is 18.2 Å². The third kappa shape index (κ3) is 2.40. The summed E-state index contributed by atoms with van der Waals surface area (Å²) in [5.74, 6) is 0. The van der Waals surface area contributed by atoms with Gasteiger partial charge in [0.15, 0.2) is 0 Å². The largest absolute Gasteiger partial charge is 0.296 e. The predicted molar refractivity (Wildman–Crippen MR) is 49.0 cm³/mol. The van der Waals surface area contributed by atoms with Gasteiger partial charge in [-0.1, -0.05) is 11.6 Å².